The SMILES string of the molecule is CCCC(=O)NC[C@H]1O[C@H](OC)[C@@H](OC(=O)CCc2ccc(C(C)C)cc3c(C)ccc2-3)[C@@H](OC(=O)CCC)[C@@H]1OC(=O)CCC. The van der Waals surface area contributed by atoms with E-state index >= 15 is 0 Å². The highest BCUT2D eigenvalue weighted by Gasteiger charge is 2.52. The third-order valence-corrected chi connectivity index (χ3v) is 8.13. The lowest BCUT2D eigenvalue weighted by atomic mass is 9.97. The second-order valence-electron chi connectivity index (χ2n) is 12.2. The second kappa shape index (κ2) is 18.0. The molecule has 0 aromatic heterocycles. The lowest BCUT2D eigenvalue weighted by molar-refractivity contribution is -0.297. The maximum absolute atomic E-state index is 13.5. The number of nitrogens with one attached hydrogen (secondary N) is 1. The van der Waals surface area contributed by atoms with Crippen LogP contribution in [0.2, 0.25) is 0 Å². The Labute approximate surface area is 273 Å². The Morgan fingerprint density at radius 2 is 1.39 bits per heavy atom. The van der Waals surface area contributed by atoms with Crippen molar-refractivity contribution in [2.24, 2.45) is 0 Å². The average molecular weight is 642 g/mol. The molecule has 1 amide bonds. The molecule has 0 saturated carbocycles. The van der Waals surface area contributed by atoms with E-state index < -0.39 is 48.6 Å². The Hall–Kier alpha value is -3.50. The van der Waals surface area contributed by atoms with Gasteiger partial charge in [0, 0.05) is 39.3 Å². The summed E-state index contributed by atoms with van der Waals surface area (Å²) in [6.07, 6.45) is -2.94. The number of ether oxygens (including phenoxy) is 5. The quantitative estimate of drug-likeness (QED) is 0.179. The minimum atomic E-state index is -1.22. The summed E-state index contributed by atoms with van der Waals surface area (Å²) in [6, 6.07) is 10.5. The van der Waals surface area contributed by atoms with E-state index in [9.17, 15) is 19.2 Å². The highest BCUT2D eigenvalue weighted by molar-refractivity contribution is 5.77. The first kappa shape index (κ1) is 37.0. The molecule has 1 fully saturated rings. The van der Waals surface area contributed by atoms with Crippen molar-refractivity contribution in [1.82, 2.24) is 5.32 Å². The van der Waals surface area contributed by atoms with Crippen LogP contribution < -0.4 is 5.32 Å². The average Bonchev–Trinajstić information content (AvgIpc) is 3.25. The van der Waals surface area contributed by atoms with Gasteiger partial charge < -0.3 is 29.0 Å². The van der Waals surface area contributed by atoms with E-state index in [-0.39, 0.29) is 31.7 Å². The Balaban J connectivity index is 1.88. The predicted molar refractivity (Wildman–Crippen MR) is 173 cm³/mol. The third-order valence-electron chi connectivity index (χ3n) is 8.13. The van der Waals surface area contributed by atoms with Crippen LogP contribution in [0.3, 0.4) is 0 Å². The zero-order valence-electron chi connectivity index (χ0n) is 28.4. The maximum atomic E-state index is 13.5. The molecule has 1 aliphatic heterocycles. The van der Waals surface area contributed by atoms with Crippen molar-refractivity contribution in [3.05, 3.63) is 47.0 Å². The molecular weight excluding hydrogens is 590 g/mol. The monoisotopic (exact) mass is 641 g/mol. The smallest absolute Gasteiger partial charge is 0.306 e. The minimum Gasteiger partial charge on any atom is -0.455 e. The van der Waals surface area contributed by atoms with Crippen molar-refractivity contribution in [3.63, 3.8) is 0 Å². The largest absolute Gasteiger partial charge is 0.455 e. The minimum absolute atomic E-state index is 0.0241. The highest BCUT2D eigenvalue weighted by Crippen LogP contribution is 2.34. The van der Waals surface area contributed by atoms with Crippen molar-refractivity contribution in [1.29, 1.82) is 0 Å². The van der Waals surface area contributed by atoms with Gasteiger partial charge in [-0.1, -0.05) is 65.0 Å². The summed E-state index contributed by atoms with van der Waals surface area (Å²) in [5, 5.41) is 2.80. The number of carbonyl (C=O) groups is 4. The molecular formula is C36H51NO9. The number of methoxy groups -OCH3 is 1. The van der Waals surface area contributed by atoms with E-state index in [2.05, 4.69) is 56.4 Å². The van der Waals surface area contributed by atoms with Crippen molar-refractivity contribution in [2.45, 2.75) is 130 Å². The standard InChI is InChI=1S/C36H51NO9/c1-8-11-29(38)37-21-28-33(44-30(39)12-9-2)34(45-31(40)13-10-3)35(36(42-7)43-28)46-32(41)19-17-24-15-16-25(22(4)5)20-27-23(6)14-18-26(24)27/h14-16,18,20,22,28,33-36H,8-13,17,19,21H2,1-7H3,(H,37,38)/t28-,33-,34+,35+,36+/m1/s1. The Bertz CT molecular complexity index is 1290. The molecule has 0 radical (unpaired) electrons. The zero-order chi connectivity index (χ0) is 33.8. The van der Waals surface area contributed by atoms with Crippen LogP contribution in [0.25, 0.3) is 11.1 Å². The van der Waals surface area contributed by atoms with E-state index in [0.717, 1.165) is 16.7 Å². The third kappa shape index (κ3) is 10.00. The first-order valence-electron chi connectivity index (χ1n) is 16.6. The predicted octanol–water partition coefficient (Wildman–Crippen LogP) is 5.78. The molecule has 0 aromatic rings. The number of amides is 1. The van der Waals surface area contributed by atoms with E-state index in [1.807, 2.05) is 20.8 Å². The van der Waals surface area contributed by atoms with Crippen LogP contribution in [0.5, 0.6) is 0 Å². The summed E-state index contributed by atoms with van der Waals surface area (Å²) in [6.45, 7) is 11.9. The Morgan fingerprint density at radius 1 is 0.783 bits per heavy atom. The van der Waals surface area contributed by atoms with Gasteiger partial charge in [-0.15, -0.1) is 0 Å². The molecule has 254 valence electrons. The van der Waals surface area contributed by atoms with Gasteiger partial charge in [-0.3, -0.25) is 19.2 Å². The molecule has 1 saturated heterocycles. The maximum Gasteiger partial charge on any atom is 0.306 e. The van der Waals surface area contributed by atoms with Crippen molar-refractivity contribution in [3.8, 4) is 11.1 Å². The molecule has 10 nitrogen and oxygen atoms in total. The van der Waals surface area contributed by atoms with E-state index in [4.69, 9.17) is 23.7 Å². The van der Waals surface area contributed by atoms with Crippen LogP contribution in [0.15, 0.2) is 30.3 Å². The molecule has 3 aliphatic rings. The van der Waals surface area contributed by atoms with Gasteiger partial charge in [0.25, 0.3) is 0 Å². The van der Waals surface area contributed by atoms with Crippen LogP contribution in [0, 0.1) is 6.92 Å². The summed E-state index contributed by atoms with van der Waals surface area (Å²) < 4.78 is 29.3. The van der Waals surface area contributed by atoms with E-state index in [1.54, 1.807) is 0 Å². The lowest BCUT2D eigenvalue weighted by Gasteiger charge is -2.44. The molecule has 0 spiro atoms. The normalized spacial score (nSPS) is 21.2. The molecule has 1 heterocycles. The van der Waals surface area contributed by atoms with Gasteiger partial charge >= 0.3 is 17.9 Å². The second-order valence-corrected chi connectivity index (χ2v) is 12.2. The highest BCUT2D eigenvalue weighted by atomic mass is 16.7. The molecule has 10 heteroatoms. The number of fused-ring (bicyclic) bond motifs is 1. The molecule has 2 aliphatic carbocycles. The van der Waals surface area contributed by atoms with Gasteiger partial charge in [-0.25, -0.2) is 0 Å². The first-order valence-corrected chi connectivity index (χ1v) is 16.6. The summed E-state index contributed by atoms with van der Waals surface area (Å²) in [5.74, 6) is -1.47. The van der Waals surface area contributed by atoms with Gasteiger partial charge in [-0.05, 0) is 66.3 Å². The van der Waals surface area contributed by atoms with Crippen LogP contribution in [0.4, 0.5) is 0 Å². The fourth-order valence-corrected chi connectivity index (χ4v) is 5.59. The van der Waals surface area contributed by atoms with E-state index in [0.29, 0.717) is 38.0 Å². The van der Waals surface area contributed by atoms with Crippen LogP contribution >= 0.6 is 0 Å². The van der Waals surface area contributed by atoms with E-state index in [1.165, 1.54) is 18.2 Å². The molecule has 3 rings (SSSR count). The van der Waals surface area contributed by atoms with Gasteiger partial charge in [-0.2, -0.15) is 0 Å². The summed E-state index contributed by atoms with van der Waals surface area (Å²) in [5.41, 5.74) is 5.61. The lowest BCUT2D eigenvalue weighted by Crippen LogP contribution is -2.63. The van der Waals surface area contributed by atoms with Crippen LogP contribution in [-0.2, 0) is 49.3 Å². The van der Waals surface area contributed by atoms with Crippen molar-refractivity contribution < 1.29 is 42.9 Å². The fraction of sp³-hybridized carbons (Fsp3) is 0.611. The summed E-state index contributed by atoms with van der Waals surface area (Å²) >= 11 is 0. The van der Waals surface area contributed by atoms with Crippen LogP contribution in [-0.4, -0.2) is 68.2 Å². The van der Waals surface area contributed by atoms with Gasteiger partial charge in [0.1, 0.15) is 6.10 Å². The van der Waals surface area contributed by atoms with Gasteiger partial charge in [0.2, 0.25) is 5.91 Å². The number of hydrogen-bond donors (Lipinski definition) is 1. The molecule has 1 N–H and O–H groups in total. The number of aryl methyl sites for hydroxylation is 2. The van der Waals surface area contributed by atoms with Crippen molar-refractivity contribution in [2.75, 3.05) is 13.7 Å². The molecule has 0 unspecified atom stereocenters. The Kier molecular flexibility index (Phi) is 14.5. The summed E-state index contributed by atoms with van der Waals surface area (Å²) in [7, 11) is 1.39. The number of rotatable bonds is 16. The molecule has 0 aromatic carbocycles. The summed E-state index contributed by atoms with van der Waals surface area (Å²) in [4.78, 5) is 51.4. The molecule has 0 bridgehead atoms. The number of esters is 3. The van der Waals surface area contributed by atoms with Gasteiger partial charge in [0.05, 0.1) is 0 Å². The topological polar surface area (TPSA) is 126 Å². The molecule has 5 atom stereocenters. The first-order chi connectivity index (χ1) is 22.0. The fourth-order valence-electron chi connectivity index (χ4n) is 5.59. The van der Waals surface area contributed by atoms with Gasteiger partial charge in [0.15, 0.2) is 24.6 Å². The zero-order valence-corrected chi connectivity index (χ0v) is 28.4. The number of carbonyl (C=O) groups excluding carboxylic acids is 4. The number of hydrogen-bond acceptors (Lipinski definition) is 9. The Morgan fingerprint density at radius 3 is 2.00 bits per heavy atom. The van der Waals surface area contributed by atoms with Crippen LogP contribution in [0.1, 0.15) is 102 Å². The molecule has 46 heavy (non-hydrogen) atoms. The van der Waals surface area contributed by atoms with Crippen molar-refractivity contribution >= 4 is 23.8 Å².